The van der Waals surface area contributed by atoms with Crippen molar-refractivity contribution in [3.63, 3.8) is 0 Å². The maximum absolute atomic E-state index is 13.0. The van der Waals surface area contributed by atoms with Gasteiger partial charge in [0.05, 0.1) is 5.02 Å². The Labute approximate surface area is 103 Å². The molecule has 1 aromatic heterocycles. The lowest BCUT2D eigenvalue weighted by Crippen LogP contribution is -1.91. The van der Waals surface area contributed by atoms with E-state index >= 15 is 0 Å². The number of aromatic nitrogens is 2. The van der Waals surface area contributed by atoms with Gasteiger partial charge in [-0.05, 0) is 31.0 Å². The largest absolute Gasteiger partial charge is 0.382 e. The van der Waals surface area contributed by atoms with E-state index in [-0.39, 0.29) is 5.82 Å². The predicted molar refractivity (Wildman–Crippen MR) is 65.4 cm³/mol. The maximum atomic E-state index is 13.0. The predicted octanol–water partition coefficient (Wildman–Crippen LogP) is 3.33. The summed E-state index contributed by atoms with van der Waals surface area (Å²) < 4.78 is 13.0. The molecular formula is C12H11ClFN3. The molecule has 1 aliphatic carbocycles. The third-order valence-electron chi connectivity index (χ3n) is 3.01. The van der Waals surface area contributed by atoms with Crippen LogP contribution in [0, 0.1) is 5.82 Å². The van der Waals surface area contributed by atoms with Gasteiger partial charge in [-0.2, -0.15) is 5.10 Å². The monoisotopic (exact) mass is 251 g/mol. The molecule has 3 nitrogen and oxygen atoms in total. The van der Waals surface area contributed by atoms with E-state index in [1.807, 2.05) is 0 Å². The fourth-order valence-electron chi connectivity index (χ4n) is 2.01. The highest BCUT2D eigenvalue weighted by molar-refractivity contribution is 6.33. The second kappa shape index (κ2) is 3.74. The average Bonchev–Trinajstić information content (AvgIpc) is 3.04. The molecule has 3 rings (SSSR count). The first kappa shape index (κ1) is 10.6. The van der Waals surface area contributed by atoms with Crippen LogP contribution in [0.25, 0.3) is 11.1 Å². The zero-order chi connectivity index (χ0) is 12.0. The summed E-state index contributed by atoms with van der Waals surface area (Å²) in [6, 6.07) is 4.31. The van der Waals surface area contributed by atoms with E-state index < -0.39 is 0 Å². The molecule has 0 unspecified atom stereocenters. The molecule has 1 aliphatic rings. The molecule has 1 fully saturated rings. The number of aromatic amines is 1. The lowest BCUT2D eigenvalue weighted by atomic mass is 10.0. The number of rotatable bonds is 2. The fraction of sp³-hybridized carbons (Fsp3) is 0.250. The van der Waals surface area contributed by atoms with Gasteiger partial charge in [0, 0.05) is 22.7 Å². The summed E-state index contributed by atoms with van der Waals surface area (Å²) in [5.74, 6) is 0.546. The quantitative estimate of drug-likeness (QED) is 0.860. The van der Waals surface area contributed by atoms with Gasteiger partial charge in [-0.3, -0.25) is 5.10 Å². The van der Waals surface area contributed by atoms with E-state index in [9.17, 15) is 4.39 Å². The molecule has 0 aliphatic heterocycles. The number of nitrogen functional groups attached to an aromatic ring is 1. The first-order chi connectivity index (χ1) is 8.16. The lowest BCUT2D eigenvalue weighted by Gasteiger charge is -2.05. The number of nitrogens with zero attached hydrogens (tertiary/aromatic N) is 1. The molecule has 3 N–H and O–H groups in total. The van der Waals surface area contributed by atoms with Crippen molar-refractivity contribution in [1.82, 2.24) is 10.2 Å². The van der Waals surface area contributed by atoms with Gasteiger partial charge >= 0.3 is 0 Å². The maximum Gasteiger partial charge on any atom is 0.153 e. The van der Waals surface area contributed by atoms with Crippen LogP contribution in [0.2, 0.25) is 5.02 Å². The molecule has 1 aromatic carbocycles. The summed E-state index contributed by atoms with van der Waals surface area (Å²) in [7, 11) is 0. The Balaban J connectivity index is 2.16. The number of hydrogen-bond acceptors (Lipinski definition) is 2. The van der Waals surface area contributed by atoms with Crippen LogP contribution in [-0.4, -0.2) is 10.2 Å². The van der Waals surface area contributed by atoms with Crippen molar-refractivity contribution in [2.45, 2.75) is 18.8 Å². The van der Waals surface area contributed by atoms with Crippen molar-refractivity contribution in [3.8, 4) is 11.1 Å². The van der Waals surface area contributed by atoms with Gasteiger partial charge in [0.25, 0.3) is 0 Å². The molecule has 0 amide bonds. The minimum absolute atomic E-state index is 0.353. The highest BCUT2D eigenvalue weighted by Gasteiger charge is 2.30. The first-order valence-corrected chi connectivity index (χ1v) is 5.84. The van der Waals surface area contributed by atoms with Crippen LogP contribution < -0.4 is 5.73 Å². The summed E-state index contributed by atoms with van der Waals surface area (Å²) in [6.45, 7) is 0. The minimum Gasteiger partial charge on any atom is -0.382 e. The molecule has 0 atom stereocenters. The molecule has 0 bridgehead atoms. The molecule has 17 heavy (non-hydrogen) atoms. The van der Waals surface area contributed by atoms with Crippen LogP contribution in [0.3, 0.4) is 0 Å². The third-order valence-corrected chi connectivity index (χ3v) is 3.32. The lowest BCUT2D eigenvalue weighted by molar-refractivity contribution is 0.628. The van der Waals surface area contributed by atoms with Crippen LogP contribution in [0.4, 0.5) is 10.2 Å². The summed E-state index contributed by atoms with van der Waals surface area (Å²) in [4.78, 5) is 0. The SMILES string of the molecule is Nc1n[nH]c(C2CC2)c1-c1ccc(F)cc1Cl. The molecule has 0 radical (unpaired) electrons. The Morgan fingerprint density at radius 2 is 2.18 bits per heavy atom. The summed E-state index contributed by atoms with van der Waals surface area (Å²) in [6.07, 6.45) is 2.26. The standard InChI is InChI=1S/C12H11ClFN3/c13-9-5-7(14)3-4-8(9)10-11(6-1-2-6)16-17-12(10)15/h3-6H,1-2H2,(H3,15,16,17). The number of benzene rings is 1. The van der Waals surface area contributed by atoms with E-state index in [2.05, 4.69) is 10.2 Å². The van der Waals surface area contributed by atoms with Crippen molar-refractivity contribution in [1.29, 1.82) is 0 Å². The summed E-state index contributed by atoms with van der Waals surface area (Å²) in [5.41, 5.74) is 8.42. The molecular weight excluding hydrogens is 241 g/mol. The van der Waals surface area contributed by atoms with Crippen LogP contribution in [0.15, 0.2) is 18.2 Å². The van der Waals surface area contributed by atoms with E-state index in [4.69, 9.17) is 17.3 Å². The van der Waals surface area contributed by atoms with E-state index in [0.717, 1.165) is 29.7 Å². The molecule has 1 saturated carbocycles. The number of nitrogens with one attached hydrogen (secondary N) is 1. The van der Waals surface area contributed by atoms with Crippen LogP contribution in [0.1, 0.15) is 24.5 Å². The number of halogens is 2. The van der Waals surface area contributed by atoms with Crippen LogP contribution >= 0.6 is 11.6 Å². The van der Waals surface area contributed by atoms with Gasteiger partial charge in [0.1, 0.15) is 5.82 Å². The Morgan fingerprint density at radius 3 is 2.82 bits per heavy atom. The van der Waals surface area contributed by atoms with E-state index in [1.165, 1.54) is 12.1 Å². The number of hydrogen-bond donors (Lipinski definition) is 2. The topological polar surface area (TPSA) is 54.7 Å². The summed E-state index contributed by atoms with van der Waals surface area (Å²) in [5, 5.41) is 7.33. The molecule has 1 heterocycles. The van der Waals surface area contributed by atoms with Gasteiger partial charge < -0.3 is 5.73 Å². The third kappa shape index (κ3) is 1.78. The second-order valence-corrected chi connectivity index (χ2v) is 4.70. The summed E-state index contributed by atoms with van der Waals surface area (Å²) >= 11 is 6.05. The van der Waals surface area contributed by atoms with Crippen LogP contribution in [0.5, 0.6) is 0 Å². The number of anilines is 1. The molecule has 0 saturated heterocycles. The minimum atomic E-state index is -0.353. The highest BCUT2D eigenvalue weighted by Crippen LogP contribution is 2.46. The Hall–Kier alpha value is -1.55. The molecule has 88 valence electrons. The van der Waals surface area contributed by atoms with Crippen LogP contribution in [-0.2, 0) is 0 Å². The highest BCUT2D eigenvalue weighted by atomic mass is 35.5. The Kier molecular flexibility index (Phi) is 2.33. The van der Waals surface area contributed by atoms with Gasteiger partial charge in [0.2, 0.25) is 0 Å². The second-order valence-electron chi connectivity index (χ2n) is 4.30. The molecule has 5 heteroatoms. The zero-order valence-corrected chi connectivity index (χ0v) is 9.76. The van der Waals surface area contributed by atoms with E-state index in [1.54, 1.807) is 6.07 Å². The number of H-pyrrole nitrogens is 1. The van der Waals surface area contributed by atoms with Gasteiger partial charge in [-0.25, -0.2) is 4.39 Å². The Bertz CT molecular complexity index is 575. The molecule has 2 aromatic rings. The van der Waals surface area contributed by atoms with Crippen molar-refractivity contribution in [2.24, 2.45) is 0 Å². The zero-order valence-electron chi connectivity index (χ0n) is 9.00. The normalized spacial score (nSPS) is 15.2. The average molecular weight is 252 g/mol. The van der Waals surface area contributed by atoms with E-state index in [0.29, 0.717) is 16.8 Å². The Morgan fingerprint density at radius 1 is 1.41 bits per heavy atom. The van der Waals surface area contributed by atoms with Crippen molar-refractivity contribution in [2.75, 3.05) is 5.73 Å². The smallest absolute Gasteiger partial charge is 0.153 e. The van der Waals surface area contributed by atoms with Crippen molar-refractivity contribution >= 4 is 17.4 Å². The van der Waals surface area contributed by atoms with Crippen molar-refractivity contribution in [3.05, 3.63) is 34.7 Å². The fourth-order valence-corrected chi connectivity index (χ4v) is 2.27. The number of nitrogens with two attached hydrogens (primary N) is 1. The molecule has 0 spiro atoms. The van der Waals surface area contributed by atoms with Gasteiger partial charge in [-0.1, -0.05) is 11.6 Å². The van der Waals surface area contributed by atoms with Crippen molar-refractivity contribution < 1.29 is 4.39 Å². The first-order valence-electron chi connectivity index (χ1n) is 5.46. The van der Waals surface area contributed by atoms with Gasteiger partial charge in [-0.15, -0.1) is 0 Å². The van der Waals surface area contributed by atoms with Gasteiger partial charge in [0.15, 0.2) is 5.82 Å².